The SMILES string of the molecule is COC(=O)c1cc(C(O)C(O)C#N)cc([N+](=O)[O-])c1. The number of nitrogens with zero attached hydrogens (tertiary/aromatic N) is 2. The number of nitriles is 1. The van der Waals surface area contributed by atoms with Crippen molar-refractivity contribution in [1.29, 1.82) is 5.26 Å². The maximum Gasteiger partial charge on any atom is 0.338 e. The molecule has 0 spiro atoms. The molecule has 0 saturated carbocycles. The third-order valence-electron chi connectivity index (χ3n) is 2.34. The van der Waals surface area contributed by atoms with Crippen LogP contribution < -0.4 is 0 Å². The second-order valence-corrected chi connectivity index (χ2v) is 3.58. The highest BCUT2D eigenvalue weighted by molar-refractivity contribution is 5.90. The molecule has 0 fully saturated rings. The number of non-ortho nitro benzene ring substituents is 1. The van der Waals surface area contributed by atoms with E-state index in [9.17, 15) is 25.1 Å². The fourth-order valence-electron chi connectivity index (χ4n) is 1.40. The monoisotopic (exact) mass is 266 g/mol. The third-order valence-corrected chi connectivity index (χ3v) is 2.34. The van der Waals surface area contributed by atoms with Crippen LogP contribution in [-0.2, 0) is 4.74 Å². The van der Waals surface area contributed by atoms with Gasteiger partial charge in [0.2, 0.25) is 0 Å². The van der Waals surface area contributed by atoms with Crippen molar-refractivity contribution in [2.45, 2.75) is 12.2 Å². The van der Waals surface area contributed by atoms with Crippen LogP contribution in [0.3, 0.4) is 0 Å². The van der Waals surface area contributed by atoms with Crippen LogP contribution in [-0.4, -0.2) is 34.3 Å². The van der Waals surface area contributed by atoms with E-state index in [1.165, 1.54) is 6.07 Å². The maximum absolute atomic E-state index is 11.3. The topological polar surface area (TPSA) is 134 Å². The molecule has 8 heteroatoms. The minimum Gasteiger partial charge on any atom is -0.465 e. The molecule has 0 aliphatic rings. The largest absolute Gasteiger partial charge is 0.465 e. The van der Waals surface area contributed by atoms with E-state index in [1.807, 2.05) is 0 Å². The molecule has 19 heavy (non-hydrogen) atoms. The molecule has 0 aliphatic carbocycles. The number of hydrogen-bond acceptors (Lipinski definition) is 7. The lowest BCUT2D eigenvalue weighted by Gasteiger charge is -2.12. The Morgan fingerprint density at radius 2 is 2.11 bits per heavy atom. The smallest absolute Gasteiger partial charge is 0.338 e. The Bertz CT molecular complexity index is 551. The van der Waals surface area contributed by atoms with E-state index in [0.717, 1.165) is 25.3 Å². The Kier molecular flexibility index (Phi) is 4.52. The van der Waals surface area contributed by atoms with Crippen LogP contribution >= 0.6 is 0 Å². The van der Waals surface area contributed by atoms with E-state index in [-0.39, 0.29) is 11.1 Å². The van der Waals surface area contributed by atoms with Crippen LogP contribution in [0.5, 0.6) is 0 Å². The first-order valence-corrected chi connectivity index (χ1v) is 5.04. The molecule has 1 rings (SSSR count). The first-order chi connectivity index (χ1) is 8.90. The van der Waals surface area contributed by atoms with Gasteiger partial charge < -0.3 is 14.9 Å². The lowest BCUT2D eigenvalue weighted by Crippen LogP contribution is -2.16. The standard InChI is InChI=1S/C11H10N2O6/c1-19-11(16)7-2-6(10(15)9(14)5-12)3-8(4-7)13(17)18/h2-4,9-10,14-15H,1H3. The number of aliphatic hydroxyl groups excluding tert-OH is 2. The molecule has 100 valence electrons. The van der Waals surface area contributed by atoms with Crippen LogP contribution in [0.2, 0.25) is 0 Å². The van der Waals surface area contributed by atoms with Crippen molar-refractivity contribution in [2.24, 2.45) is 0 Å². The summed E-state index contributed by atoms with van der Waals surface area (Å²) in [5, 5.41) is 38.0. The average molecular weight is 266 g/mol. The quantitative estimate of drug-likeness (QED) is 0.346. The Morgan fingerprint density at radius 1 is 1.47 bits per heavy atom. The van der Waals surface area contributed by atoms with E-state index in [1.54, 1.807) is 0 Å². The highest BCUT2D eigenvalue weighted by Crippen LogP contribution is 2.24. The Hall–Kier alpha value is -2.50. The number of benzene rings is 1. The zero-order valence-electron chi connectivity index (χ0n) is 9.81. The van der Waals surface area contributed by atoms with Crippen LogP contribution in [0.4, 0.5) is 5.69 Å². The van der Waals surface area contributed by atoms with Gasteiger partial charge in [-0.2, -0.15) is 5.26 Å². The lowest BCUT2D eigenvalue weighted by atomic mass is 10.0. The zero-order chi connectivity index (χ0) is 14.6. The number of carbonyl (C=O) groups is 1. The zero-order valence-corrected chi connectivity index (χ0v) is 9.81. The van der Waals surface area contributed by atoms with Gasteiger partial charge in [-0.15, -0.1) is 0 Å². The Morgan fingerprint density at radius 3 is 2.58 bits per heavy atom. The van der Waals surface area contributed by atoms with Crippen molar-refractivity contribution in [3.05, 3.63) is 39.4 Å². The molecule has 1 aromatic rings. The first kappa shape index (κ1) is 14.6. The Balaban J connectivity index is 3.32. The minimum absolute atomic E-state index is 0.122. The van der Waals surface area contributed by atoms with E-state index < -0.39 is 28.8 Å². The number of esters is 1. The van der Waals surface area contributed by atoms with Crippen LogP contribution in [0, 0.1) is 21.4 Å². The van der Waals surface area contributed by atoms with Gasteiger partial charge in [-0.1, -0.05) is 0 Å². The molecule has 0 aliphatic heterocycles. The molecule has 0 heterocycles. The molecule has 2 atom stereocenters. The van der Waals surface area contributed by atoms with Gasteiger partial charge in [-0.25, -0.2) is 4.79 Å². The van der Waals surface area contributed by atoms with E-state index in [2.05, 4.69) is 4.74 Å². The summed E-state index contributed by atoms with van der Waals surface area (Å²) in [6.07, 6.45) is -3.42. The van der Waals surface area contributed by atoms with Gasteiger partial charge in [0.15, 0.2) is 6.10 Å². The van der Waals surface area contributed by atoms with Gasteiger partial charge in [0.05, 0.1) is 23.7 Å². The molecule has 0 saturated heterocycles. The van der Waals surface area contributed by atoms with Crippen LogP contribution in [0.15, 0.2) is 18.2 Å². The van der Waals surface area contributed by atoms with E-state index in [4.69, 9.17) is 5.26 Å². The molecule has 8 nitrogen and oxygen atoms in total. The molecular formula is C11H10N2O6. The Labute approximate surface area is 107 Å². The van der Waals surface area contributed by atoms with Crippen molar-refractivity contribution >= 4 is 11.7 Å². The number of aliphatic hydroxyl groups is 2. The van der Waals surface area contributed by atoms with Crippen molar-refractivity contribution in [3.8, 4) is 6.07 Å². The predicted octanol–water partition coefficient (Wildman–Crippen LogP) is 0.299. The number of ether oxygens (including phenoxy) is 1. The number of methoxy groups -OCH3 is 1. The summed E-state index contributed by atoms with van der Waals surface area (Å²) in [4.78, 5) is 21.3. The summed E-state index contributed by atoms with van der Waals surface area (Å²) in [6.45, 7) is 0. The second-order valence-electron chi connectivity index (χ2n) is 3.58. The van der Waals surface area contributed by atoms with Gasteiger partial charge in [0.25, 0.3) is 5.69 Å². The molecule has 0 bridgehead atoms. The number of nitro groups is 1. The second kappa shape index (κ2) is 5.90. The summed E-state index contributed by atoms with van der Waals surface area (Å²) in [6, 6.07) is 4.45. The van der Waals surface area contributed by atoms with Gasteiger partial charge in [-0.3, -0.25) is 10.1 Å². The normalized spacial score (nSPS) is 13.2. The van der Waals surface area contributed by atoms with Crippen LogP contribution in [0.25, 0.3) is 0 Å². The van der Waals surface area contributed by atoms with Gasteiger partial charge in [-0.05, 0) is 11.6 Å². The first-order valence-electron chi connectivity index (χ1n) is 5.04. The highest BCUT2D eigenvalue weighted by Gasteiger charge is 2.23. The highest BCUT2D eigenvalue weighted by atomic mass is 16.6. The molecular weight excluding hydrogens is 256 g/mol. The summed E-state index contributed by atoms with van der Waals surface area (Å²) in [5.41, 5.74) is -0.735. The molecule has 2 unspecified atom stereocenters. The third kappa shape index (κ3) is 3.25. The van der Waals surface area contributed by atoms with E-state index in [0.29, 0.717) is 0 Å². The van der Waals surface area contributed by atoms with Gasteiger partial charge >= 0.3 is 5.97 Å². The summed E-state index contributed by atoms with van der Waals surface area (Å²) >= 11 is 0. The fraction of sp³-hybridized carbons (Fsp3) is 0.273. The number of carbonyl (C=O) groups excluding carboxylic acids is 1. The van der Waals surface area contributed by atoms with Crippen LogP contribution in [0.1, 0.15) is 22.0 Å². The average Bonchev–Trinajstić information content (AvgIpc) is 2.43. The summed E-state index contributed by atoms with van der Waals surface area (Å²) < 4.78 is 4.42. The van der Waals surface area contributed by atoms with Crippen molar-refractivity contribution in [1.82, 2.24) is 0 Å². The van der Waals surface area contributed by atoms with E-state index >= 15 is 0 Å². The predicted molar refractivity (Wildman–Crippen MR) is 61.0 cm³/mol. The van der Waals surface area contributed by atoms with Gasteiger partial charge in [0, 0.05) is 12.1 Å². The molecule has 2 N–H and O–H groups in total. The number of rotatable bonds is 4. The molecule has 0 radical (unpaired) electrons. The molecule has 0 amide bonds. The maximum atomic E-state index is 11.3. The molecule has 1 aromatic carbocycles. The lowest BCUT2D eigenvalue weighted by molar-refractivity contribution is -0.385. The minimum atomic E-state index is -1.76. The fourth-order valence-corrected chi connectivity index (χ4v) is 1.40. The van der Waals surface area contributed by atoms with Crippen molar-refractivity contribution in [2.75, 3.05) is 7.11 Å². The van der Waals surface area contributed by atoms with Gasteiger partial charge in [0.1, 0.15) is 6.10 Å². The molecule has 0 aromatic heterocycles. The van der Waals surface area contributed by atoms with Crippen molar-refractivity contribution < 1.29 is 24.7 Å². The summed E-state index contributed by atoms with van der Waals surface area (Å²) in [5.74, 6) is -0.830. The summed E-state index contributed by atoms with van der Waals surface area (Å²) in [7, 11) is 1.10. The number of nitro benzene ring substituents is 1. The van der Waals surface area contributed by atoms with Crippen molar-refractivity contribution in [3.63, 3.8) is 0 Å². The number of hydrogen-bond donors (Lipinski definition) is 2.